The molecule has 0 atom stereocenters. The molecule has 0 unspecified atom stereocenters. The van der Waals surface area contributed by atoms with Gasteiger partial charge in [0.15, 0.2) is 0 Å². The van der Waals surface area contributed by atoms with E-state index in [1.54, 1.807) is 7.11 Å². The van der Waals surface area contributed by atoms with Gasteiger partial charge in [0.05, 0.1) is 7.11 Å². The normalized spacial score (nSPS) is 16.3. The molecule has 1 aliphatic rings. The minimum absolute atomic E-state index is 0.0180. The molecule has 22 heavy (non-hydrogen) atoms. The highest BCUT2D eigenvalue weighted by Crippen LogP contribution is 2.17. The van der Waals surface area contributed by atoms with Crippen molar-refractivity contribution in [2.75, 3.05) is 40.8 Å². The first kappa shape index (κ1) is 16.6. The molecule has 0 aliphatic carbocycles. The topological polar surface area (TPSA) is 44.8 Å². The van der Waals surface area contributed by atoms with Gasteiger partial charge in [-0.15, -0.1) is 0 Å². The largest absolute Gasteiger partial charge is 0.496 e. The van der Waals surface area contributed by atoms with Gasteiger partial charge in [0.2, 0.25) is 0 Å². The molecule has 0 radical (unpaired) electrons. The molecule has 5 heteroatoms. The van der Waals surface area contributed by atoms with E-state index in [1.807, 2.05) is 36.2 Å². The molecular weight excluding hydrogens is 278 g/mol. The van der Waals surface area contributed by atoms with E-state index in [4.69, 9.17) is 4.74 Å². The van der Waals surface area contributed by atoms with Crippen LogP contribution < -0.4 is 10.1 Å². The minimum atomic E-state index is 0.0180. The summed E-state index contributed by atoms with van der Waals surface area (Å²) in [5.74, 6) is 0.875. The Morgan fingerprint density at radius 1 is 1.36 bits per heavy atom. The fourth-order valence-electron chi connectivity index (χ4n) is 2.89. The second-order valence-electron chi connectivity index (χ2n) is 5.94. The van der Waals surface area contributed by atoms with Crippen LogP contribution in [0.15, 0.2) is 24.3 Å². The van der Waals surface area contributed by atoms with E-state index in [-0.39, 0.29) is 6.03 Å². The van der Waals surface area contributed by atoms with Gasteiger partial charge in [-0.2, -0.15) is 0 Å². The maximum Gasteiger partial charge on any atom is 0.317 e. The number of hydrogen-bond donors (Lipinski definition) is 1. The molecule has 0 spiro atoms. The highest BCUT2D eigenvalue weighted by Gasteiger charge is 2.23. The first-order chi connectivity index (χ1) is 10.6. The van der Waals surface area contributed by atoms with Crippen molar-refractivity contribution < 1.29 is 9.53 Å². The van der Waals surface area contributed by atoms with Crippen molar-refractivity contribution in [3.8, 4) is 5.75 Å². The number of methoxy groups -OCH3 is 1. The Morgan fingerprint density at radius 2 is 2.05 bits per heavy atom. The summed E-state index contributed by atoms with van der Waals surface area (Å²) in [4.78, 5) is 16.4. The van der Waals surface area contributed by atoms with Gasteiger partial charge in [-0.1, -0.05) is 18.2 Å². The molecule has 122 valence electrons. The van der Waals surface area contributed by atoms with E-state index in [0.717, 1.165) is 43.7 Å². The zero-order chi connectivity index (χ0) is 15.9. The highest BCUT2D eigenvalue weighted by molar-refractivity contribution is 5.74. The van der Waals surface area contributed by atoms with Crippen LogP contribution in [0.4, 0.5) is 4.79 Å². The van der Waals surface area contributed by atoms with Crippen molar-refractivity contribution >= 4 is 6.03 Å². The summed E-state index contributed by atoms with van der Waals surface area (Å²) in [6.45, 7) is 2.74. The van der Waals surface area contributed by atoms with Gasteiger partial charge in [-0.05, 0) is 51.0 Å². The zero-order valence-electron chi connectivity index (χ0n) is 13.8. The average Bonchev–Trinajstić information content (AvgIpc) is 2.55. The van der Waals surface area contributed by atoms with Crippen LogP contribution in [0.2, 0.25) is 0 Å². The Hall–Kier alpha value is -1.75. The van der Waals surface area contributed by atoms with E-state index >= 15 is 0 Å². The predicted octanol–water partition coefficient (Wildman–Crippen LogP) is 1.97. The summed E-state index contributed by atoms with van der Waals surface area (Å²) in [5, 5.41) is 3.01. The molecule has 1 saturated heterocycles. The molecule has 1 aromatic carbocycles. The SMILES string of the molecule is COc1ccccc1CCNC(=O)N(C)C1CCN(C)CC1. The van der Waals surface area contributed by atoms with Gasteiger partial charge in [0, 0.05) is 19.6 Å². The fraction of sp³-hybridized carbons (Fsp3) is 0.588. The lowest BCUT2D eigenvalue weighted by Gasteiger charge is -2.35. The molecule has 2 rings (SSSR count). The number of para-hydroxylation sites is 1. The quantitative estimate of drug-likeness (QED) is 0.904. The van der Waals surface area contributed by atoms with Crippen molar-refractivity contribution in [1.29, 1.82) is 0 Å². The Labute approximate surface area is 133 Å². The second-order valence-corrected chi connectivity index (χ2v) is 5.94. The van der Waals surface area contributed by atoms with Crippen LogP contribution in [0.25, 0.3) is 0 Å². The summed E-state index contributed by atoms with van der Waals surface area (Å²) in [6, 6.07) is 8.29. The molecule has 2 amide bonds. The lowest BCUT2D eigenvalue weighted by Crippen LogP contribution is -2.48. The maximum absolute atomic E-state index is 12.2. The van der Waals surface area contributed by atoms with Gasteiger partial charge in [-0.3, -0.25) is 0 Å². The van der Waals surface area contributed by atoms with E-state index < -0.39 is 0 Å². The van der Waals surface area contributed by atoms with Gasteiger partial charge in [0.25, 0.3) is 0 Å². The van der Waals surface area contributed by atoms with Crippen LogP contribution in [0, 0.1) is 0 Å². The summed E-state index contributed by atoms with van der Waals surface area (Å²) >= 11 is 0. The van der Waals surface area contributed by atoms with Crippen molar-refractivity contribution in [2.24, 2.45) is 0 Å². The second kappa shape index (κ2) is 8.03. The van der Waals surface area contributed by atoms with Crippen LogP contribution in [0.1, 0.15) is 18.4 Å². The summed E-state index contributed by atoms with van der Waals surface area (Å²) in [5.41, 5.74) is 1.12. The first-order valence-electron chi connectivity index (χ1n) is 7.93. The van der Waals surface area contributed by atoms with Crippen molar-refractivity contribution in [2.45, 2.75) is 25.3 Å². The zero-order valence-corrected chi connectivity index (χ0v) is 13.8. The third-order valence-corrected chi connectivity index (χ3v) is 4.42. The first-order valence-corrected chi connectivity index (χ1v) is 7.93. The van der Waals surface area contributed by atoms with Crippen LogP contribution in [-0.4, -0.2) is 62.7 Å². The highest BCUT2D eigenvalue weighted by atomic mass is 16.5. The van der Waals surface area contributed by atoms with Crippen LogP contribution in [0.5, 0.6) is 5.75 Å². The van der Waals surface area contributed by atoms with Crippen LogP contribution in [0.3, 0.4) is 0 Å². The maximum atomic E-state index is 12.2. The third kappa shape index (κ3) is 4.37. The molecule has 0 bridgehead atoms. The standard InChI is InChI=1S/C17H27N3O2/c1-19-12-9-15(10-13-19)20(2)17(21)18-11-8-14-6-4-5-7-16(14)22-3/h4-7,15H,8-13H2,1-3H3,(H,18,21). The monoisotopic (exact) mass is 305 g/mol. The molecule has 1 aliphatic heterocycles. The molecule has 1 heterocycles. The van der Waals surface area contributed by atoms with E-state index in [0.29, 0.717) is 12.6 Å². The van der Waals surface area contributed by atoms with E-state index in [1.165, 1.54) is 0 Å². The number of urea groups is 1. The number of hydrogen-bond acceptors (Lipinski definition) is 3. The summed E-state index contributed by atoms with van der Waals surface area (Å²) < 4.78 is 5.33. The molecule has 5 nitrogen and oxygen atoms in total. The van der Waals surface area contributed by atoms with E-state index in [9.17, 15) is 4.79 Å². The Kier molecular flexibility index (Phi) is 6.07. The number of piperidine rings is 1. The number of carbonyl (C=O) groups is 1. The molecule has 1 fully saturated rings. The number of rotatable bonds is 5. The van der Waals surface area contributed by atoms with Gasteiger partial charge in [-0.25, -0.2) is 4.79 Å². The number of ether oxygens (including phenoxy) is 1. The van der Waals surface area contributed by atoms with Gasteiger partial charge in [0.1, 0.15) is 5.75 Å². The predicted molar refractivity (Wildman–Crippen MR) is 88.4 cm³/mol. The number of nitrogens with zero attached hydrogens (tertiary/aromatic N) is 2. The number of likely N-dealkylation sites (tertiary alicyclic amines) is 1. The number of benzene rings is 1. The van der Waals surface area contributed by atoms with Crippen molar-refractivity contribution in [3.63, 3.8) is 0 Å². The summed E-state index contributed by atoms with van der Waals surface area (Å²) in [6.07, 6.45) is 2.87. The summed E-state index contributed by atoms with van der Waals surface area (Å²) in [7, 11) is 5.70. The smallest absolute Gasteiger partial charge is 0.317 e. The Balaban J connectivity index is 1.77. The number of carbonyl (C=O) groups excluding carboxylic acids is 1. The fourth-order valence-corrected chi connectivity index (χ4v) is 2.89. The lowest BCUT2D eigenvalue weighted by atomic mass is 10.0. The third-order valence-electron chi connectivity index (χ3n) is 4.42. The van der Waals surface area contributed by atoms with Crippen LogP contribution in [-0.2, 0) is 6.42 Å². The average molecular weight is 305 g/mol. The Morgan fingerprint density at radius 3 is 2.73 bits per heavy atom. The lowest BCUT2D eigenvalue weighted by molar-refractivity contribution is 0.148. The minimum Gasteiger partial charge on any atom is -0.496 e. The molecule has 0 saturated carbocycles. The van der Waals surface area contributed by atoms with Crippen molar-refractivity contribution in [3.05, 3.63) is 29.8 Å². The number of amides is 2. The van der Waals surface area contributed by atoms with Gasteiger partial charge >= 0.3 is 6.03 Å². The molecule has 1 aromatic rings. The molecule has 0 aromatic heterocycles. The number of nitrogens with one attached hydrogen (secondary N) is 1. The molecular formula is C17H27N3O2. The van der Waals surface area contributed by atoms with Crippen molar-refractivity contribution in [1.82, 2.24) is 15.1 Å². The van der Waals surface area contributed by atoms with Gasteiger partial charge < -0.3 is 19.9 Å². The van der Waals surface area contributed by atoms with Crippen LogP contribution >= 0.6 is 0 Å². The van der Waals surface area contributed by atoms with E-state index in [2.05, 4.69) is 17.3 Å². The molecule has 1 N–H and O–H groups in total. The Bertz CT molecular complexity index is 485.